The molecule has 2 aliphatic rings. The second-order valence-electron chi connectivity index (χ2n) is 7.50. The van der Waals surface area contributed by atoms with E-state index in [4.69, 9.17) is 14.6 Å². The molecule has 2 atom stereocenters. The molecular formula is C19H29N3O6S. The van der Waals surface area contributed by atoms with Crippen molar-refractivity contribution < 1.29 is 27.8 Å². The smallest absolute Gasteiger partial charge is 0.260 e. The van der Waals surface area contributed by atoms with E-state index in [0.717, 1.165) is 13.1 Å². The van der Waals surface area contributed by atoms with E-state index in [2.05, 4.69) is 4.90 Å². The number of aryl methyl sites for hydroxylation is 1. The first kappa shape index (κ1) is 22.0. The number of hydrogen-bond donors (Lipinski definition) is 2. The van der Waals surface area contributed by atoms with Gasteiger partial charge in [-0.3, -0.25) is 9.69 Å². The van der Waals surface area contributed by atoms with E-state index in [9.17, 15) is 18.3 Å². The van der Waals surface area contributed by atoms with E-state index in [0.29, 0.717) is 50.5 Å². The van der Waals surface area contributed by atoms with E-state index in [1.165, 1.54) is 18.2 Å². The predicted molar refractivity (Wildman–Crippen MR) is 106 cm³/mol. The Balaban J connectivity index is 1.56. The van der Waals surface area contributed by atoms with Gasteiger partial charge in [-0.15, -0.1) is 0 Å². The highest BCUT2D eigenvalue weighted by atomic mass is 32.2. The monoisotopic (exact) mass is 427 g/mol. The third-order valence-electron chi connectivity index (χ3n) is 5.53. The van der Waals surface area contributed by atoms with Crippen LogP contribution in [0.1, 0.15) is 18.4 Å². The molecule has 0 spiro atoms. The van der Waals surface area contributed by atoms with Crippen LogP contribution in [-0.2, 0) is 19.6 Å². The normalized spacial score (nSPS) is 24.2. The molecular weight excluding hydrogens is 398 g/mol. The van der Waals surface area contributed by atoms with E-state index in [-0.39, 0.29) is 23.5 Å². The van der Waals surface area contributed by atoms with Crippen LogP contribution in [0, 0.1) is 6.92 Å². The van der Waals surface area contributed by atoms with Crippen molar-refractivity contribution in [2.75, 3.05) is 46.0 Å². The molecule has 1 amide bonds. The number of aliphatic hydroxyl groups is 1. The maximum atomic E-state index is 12.6. The summed E-state index contributed by atoms with van der Waals surface area (Å²) in [7, 11) is -3.78. The summed E-state index contributed by atoms with van der Waals surface area (Å²) in [5, 5.41) is 15.7. The minimum Gasteiger partial charge on any atom is -0.483 e. The number of benzene rings is 1. The summed E-state index contributed by atoms with van der Waals surface area (Å²) in [4.78, 5) is 16.6. The molecule has 3 rings (SSSR count). The van der Waals surface area contributed by atoms with Crippen molar-refractivity contribution in [1.29, 1.82) is 0 Å². The molecule has 0 aliphatic carbocycles. The Bertz CT molecular complexity index is 825. The third-order valence-corrected chi connectivity index (χ3v) is 6.44. The van der Waals surface area contributed by atoms with Crippen LogP contribution >= 0.6 is 0 Å². The zero-order chi connectivity index (χ0) is 21.0. The number of amides is 1. The molecule has 0 aromatic heterocycles. The van der Waals surface area contributed by atoms with Gasteiger partial charge >= 0.3 is 0 Å². The predicted octanol–water partition coefficient (Wildman–Crippen LogP) is -0.295. The van der Waals surface area contributed by atoms with Crippen molar-refractivity contribution in [3.05, 3.63) is 23.8 Å². The van der Waals surface area contributed by atoms with Crippen LogP contribution in [0.2, 0.25) is 0 Å². The first-order valence-electron chi connectivity index (χ1n) is 9.79. The van der Waals surface area contributed by atoms with Gasteiger partial charge in [-0.1, -0.05) is 0 Å². The Morgan fingerprint density at radius 3 is 2.59 bits per heavy atom. The summed E-state index contributed by atoms with van der Waals surface area (Å²) in [5.41, 5.74) is 0.586. The van der Waals surface area contributed by atoms with Gasteiger partial charge < -0.3 is 19.5 Å². The molecule has 0 bridgehead atoms. The van der Waals surface area contributed by atoms with Crippen LogP contribution in [0.25, 0.3) is 0 Å². The topological polar surface area (TPSA) is 122 Å². The summed E-state index contributed by atoms with van der Waals surface area (Å²) in [5.74, 6) is 0.279. The number of morpholine rings is 1. The zero-order valence-electron chi connectivity index (χ0n) is 16.6. The van der Waals surface area contributed by atoms with Crippen LogP contribution in [0.15, 0.2) is 23.1 Å². The van der Waals surface area contributed by atoms with Crippen LogP contribution in [0.4, 0.5) is 0 Å². The second-order valence-corrected chi connectivity index (χ2v) is 9.06. The van der Waals surface area contributed by atoms with Gasteiger partial charge in [0.25, 0.3) is 5.91 Å². The largest absolute Gasteiger partial charge is 0.483 e. The molecule has 0 radical (unpaired) electrons. The van der Waals surface area contributed by atoms with Crippen molar-refractivity contribution in [2.24, 2.45) is 5.14 Å². The van der Waals surface area contributed by atoms with Crippen molar-refractivity contribution in [3.8, 4) is 5.75 Å². The number of hydrogen-bond acceptors (Lipinski definition) is 7. The average Bonchev–Trinajstić information content (AvgIpc) is 2.88. The van der Waals surface area contributed by atoms with E-state index >= 15 is 0 Å². The molecule has 29 heavy (non-hydrogen) atoms. The maximum Gasteiger partial charge on any atom is 0.260 e. The molecule has 162 valence electrons. The molecule has 1 aromatic rings. The molecule has 3 N–H and O–H groups in total. The van der Waals surface area contributed by atoms with E-state index < -0.39 is 16.1 Å². The van der Waals surface area contributed by atoms with Gasteiger partial charge in [0.15, 0.2) is 6.61 Å². The van der Waals surface area contributed by atoms with Crippen LogP contribution in [0.5, 0.6) is 5.75 Å². The number of carbonyl (C=O) groups is 1. The van der Waals surface area contributed by atoms with Gasteiger partial charge in [-0.2, -0.15) is 0 Å². The highest BCUT2D eigenvalue weighted by Crippen LogP contribution is 2.22. The minimum atomic E-state index is -3.78. The number of sulfonamides is 1. The third kappa shape index (κ3) is 5.67. The summed E-state index contributed by atoms with van der Waals surface area (Å²) >= 11 is 0. The summed E-state index contributed by atoms with van der Waals surface area (Å²) in [6.07, 6.45) is 0.755. The Morgan fingerprint density at radius 2 is 1.93 bits per heavy atom. The molecule has 1 aromatic carbocycles. The maximum absolute atomic E-state index is 12.6. The molecule has 2 fully saturated rings. The number of carbonyl (C=O) groups excluding carboxylic acids is 1. The Labute approximate surface area is 171 Å². The number of likely N-dealkylation sites (tertiary alicyclic amines) is 1. The van der Waals surface area contributed by atoms with Gasteiger partial charge in [-0.05, 0) is 43.5 Å². The summed E-state index contributed by atoms with van der Waals surface area (Å²) in [6.45, 7) is 5.53. The minimum absolute atomic E-state index is 0.00402. The number of aliphatic hydroxyl groups excluding tert-OH is 1. The summed E-state index contributed by atoms with van der Waals surface area (Å²) < 4.78 is 33.8. The number of nitrogens with zero attached hydrogens (tertiary/aromatic N) is 2. The number of ether oxygens (including phenoxy) is 2. The quantitative estimate of drug-likeness (QED) is 0.662. The average molecular weight is 428 g/mol. The lowest BCUT2D eigenvalue weighted by Gasteiger charge is -2.36. The second kappa shape index (κ2) is 9.40. The number of nitrogens with two attached hydrogens (primary N) is 1. The van der Waals surface area contributed by atoms with Crippen molar-refractivity contribution >= 4 is 15.9 Å². The molecule has 2 saturated heterocycles. The van der Waals surface area contributed by atoms with Gasteiger partial charge in [0, 0.05) is 32.2 Å². The fourth-order valence-corrected chi connectivity index (χ4v) is 4.45. The lowest BCUT2D eigenvalue weighted by molar-refractivity contribution is -0.133. The lowest BCUT2D eigenvalue weighted by atomic mass is 10.0. The SMILES string of the molecule is Cc1cc(S(N)(=O)=O)ccc1OCC(=O)N1CC[C@H](O)[C@@H](N2CCOCC2)CC1. The van der Waals surface area contributed by atoms with Crippen LogP contribution < -0.4 is 9.88 Å². The first-order valence-corrected chi connectivity index (χ1v) is 11.3. The van der Waals surface area contributed by atoms with Gasteiger partial charge in [0.2, 0.25) is 10.0 Å². The summed E-state index contributed by atoms with van der Waals surface area (Å²) in [6, 6.07) is 4.32. The fraction of sp³-hybridized carbons (Fsp3) is 0.632. The fourth-order valence-electron chi connectivity index (χ4n) is 3.85. The van der Waals surface area contributed by atoms with Gasteiger partial charge in [0.1, 0.15) is 5.75 Å². The van der Waals surface area contributed by atoms with Crippen LogP contribution in [0.3, 0.4) is 0 Å². The Kier molecular flexibility index (Phi) is 7.12. The lowest BCUT2D eigenvalue weighted by Crippen LogP contribution is -2.49. The Hall–Kier alpha value is -1.72. The highest BCUT2D eigenvalue weighted by Gasteiger charge is 2.31. The molecule has 0 unspecified atom stereocenters. The first-order chi connectivity index (χ1) is 13.8. The van der Waals surface area contributed by atoms with Gasteiger partial charge in [0.05, 0.1) is 24.2 Å². The van der Waals surface area contributed by atoms with E-state index in [1.54, 1.807) is 11.8 Å². The van der Waals surface area contributed by atoms with Crippen molar-refractivity contribution in [1.82, 2.24) is 9.80 Å². The molecule has 9 nitrogen and oxygen atoms in total. The molecule has 2 heterocycles. The van der Waals surface area contributed by atoms with E-state index in [1.807, 2.05) is 0 Å². The molecule has 0 saturated carbocycles. The van der Waals surface area contributed by atoms with Gasteiger partial charge in [-0.25, -0.2) is 13.6 Å². The van der Waals surface area contributed by atoms with Crippen molar-refractivity contribution in [2.45, 2.75) is 36.8 Å². The number of rotatable bonds is 5. The number of primary sulfonamides is 1. The van der Waals surface area contributed by atoms with Crippen molar-refractivity contribution in [3.63, 3.8) is 0 Å². The zero-order valence-corrected chi connectivity index (χ0v) is 17.4. The standard InChI is InChI=1S/C19H29N3O6S/c1-14-12-15(29(20,25)26)2-3-18(14)28-13-19(24)22-6-4-16(17(23)5-7-22)21-8-10-27-11-9-21/h2-3,12,16-17,23H,4-11,13H2,1H3,(H2,20,25,26)/t16-,17-/m0/s1. The Morgan fingerprint density at radius 1 is 1.24 bits per heavy atom. The molecule has 2 aliphatic heterocycles. The molecule has 10 heteroatoms. The highest BCUT2D eigenvalue weighted by molar-refractivity contribution is 7.89. The van der Waals surface area contributed by atoms with Crippen LogP contribution in [-0.4, -0.2) is 87.4 Å².